The first-order chi connectivity index (χ1) is 29.1. The Morgan fingerprint density at radius 2 is 1.40 bits per heavy atom. The number of imide groups is 1. The average molecular weight is 889 g/mol. The van der Waals surface area contributed by atoms with Gasteiger partial charge in [0.15, 0.2) is 5.69 Å². The molecule has 0 radical (unpaired) electrons. The summed E-state index contributed by atoms with van der Waals surface area (Å²) < 4.78 is 120. The molecule has 2 unspecified atom stereocenters. The Morgan fingerprint density at radius 1 is 0.794 bits per heavy atom. The van der Waals surface area contributed by atoms with Crippen LogP contribution in [0.1, 0.15) is 110 Å². The van der Waals surface area contributed by atoms with E-state index in [4.69, 9.17) is 23.4 Å². The molecule has 63 heavy (non-hydrogen) atoms. The van der Waals surface area contributed by atoms with Crippen LogP contribution in [-0.4, -0.2) is 50.9 Å². The molecule has 0 saturated carbocycles. The van der Waals surface area contributed by atoms with Gasteiger partial charge in [0, 0.05) is 12.8 Å². The highest BCUT2D eigenvalue weighted by Gasteiger charge is 2.61. The van der Waals surface area contributed by atoms with Crippen molar-refractivity contribution in [2.75, 3.05) is 4.90 Å². The van der Waals surface area contributed by atoms with Gasteiger partial charge in [-0.25, -0.2) is 14.6 Å². The second-order valence-electron chi connectivity index (χ2n) is 17.8. The Hall–Kier alpha value is -5.71. The Labute approximate surface area is 363 Å². The van der Waals surface area contributed by atoms with Crippen LogP contribution >= 0.6 is 0 Å². The summed E-state index contributed by atoms with van der Waals surface area (Å²) >= 11 is 0. The molecule has 4 aromatic rings. The number of anilines is 1. The van der Waals surface area contributed by atoms with Gasteiger partial charge in [0.2, 0.25) is 11.5 Å². The van der Waals surface area contributed by atoms with E-state index in [1.54, 1.807) is 24.3 Å². The molecule has 0 bridgehead atoms. The molecular weight excluding hydrogens is 835 g/mol. The predicted molar refractivity (Wildman–Crippen MR) is 224 cm³/mol. The van der Waals surface area contributed by atoms with Crippen molar-refractivity contribution in [1.82, 2.24) is 15.2 Å². The molecule has 2 aromatic heterocycles. The third-order valence-electron chi connectivity index (χ3n) is 9.09. The molecule has 17 heteroatoms. The Kier molecular flexibility index (Phi) is 15.3. The lowest BCUT2D eigenvalue weighted by atomic mass is 9.85. The van der Waals surface area contributed by atoms with Crippen LogP contribution in [0.3, 0.4) is 0 Å². The summed E-state index contributed by atoms with van der Waals surface area (Å²) in [4.78, 5) is 32.1. The van der Waals surface area contributed by atoms with Crippen molar-refractivity contribution in [3.8, 4) is 17.5 Å². The number of pyridine rings is 1. The number of benzene rings is 2. The van der Waals surface area contributed by atoms with E-state index in [2.05, 4.69) is 28.3 Å². The van der Waals surface area contributed by atoms with Crippen LogP contribution in [0.15, 0.2) is 90.4 Å². The maximum atomic E-state index is 15.4. The van der Waals surface area contributed by atoms with Crippen molar-refractivity contribution in [1.29, 1.82) is 0 Å². The number of rotatable bonds is 15. The van der Waals surface area contributed by atoms with E-state index in [0.29, 0.717) is 17.2 Å². The van der Waals surface area contributed by atoms with E-state index in [0.717, 1.165) is 5.56 Å². The van der Waals surface area contributed by atoms with Gasteiger partial charge < -0.3 is 23.4 Å². The summed E-state index contributed by atoms with van der Waals surface area (Å²) in [5.41, 5.74) is -7.60. The predicted octanol–water partition coefficient (Wildman–Crippen LogP) is 12.6. The van der Waals surface area contributed by atoms with Crippen molar-refractivity contribution < 1.29 is 59.3 Å². The monoisotopic (exact) mass is 888 g/mol. The van der Waals surface area contributed by atoms with Crippen LogP contribution in [0.4, 0.5) is 41.6 Å². The van der Waals surface area contributed by atoms with Crippen molar-refractivity contribution >= 4 is 17.9 Å². The lowest BCUT2D eigenvalue weighted by molar-refractivity contribution is -0.299. The number of aromatic nitrogens is 3. The third-order valence-corrected chi connectivity index (χ3v) is 9.09. The minimum absolute atomic E-state index is 0.0125. The number of nitrogens with zero attached hydrogens (tertiary/aromatic N) is 4. The van der Waals surface area contributed by atoms with E-state index in [9.17, 15) is 9.59 Å². The van der Waals surface area contributed by atoms with Gasteiger partial charge in [0.05, 0.1) is 12.3 Å². The van der Waals surface area contributed by atoms with Crippen molar-refractivity contribution in [2.45, 2.75) is 135 Å². The van der Waals surface area contributed by atoms with Gasteiger partial charge in [-0.15, -0.1) is 23.4 Å². The highest BCUT2D eigenvalue weighted by atomic mass is 19.4. The van der Waals surface area contributed by atoms with Crippen LogP contribution < -0.4 is 9.64 Å². The van der Waals surface area contributed by atoms with Gasteiger partial charge in [0.1, 0.15) is 22.9 Å². The van der Waals surface area contributed by atoms with Gasteiger partial charge in [-0.05, 0) is 82.6 Å². The molecule has 0 aliphatic rings. The highest BCUT2D eigenvalue weighted by Crippen LogP contribution is 2.48. The van der Waals surface area contributed by atoms with Crippen LogP contribution in [-0.2, 0) is 44.4 Å². The summed E-state index contributed by atoms with van der Waals surface area (Å²) in [5.74, 6) is -3.17. The highest BCUT2D eigenvalue weighted by molar-refractivity contribution is 6.11. The number of carbonyl (C=O) groups excluding carboxylic acids is 2. The number of amides is 2. The minimum atomic E-state index is -5.27. The largest absolute Gasteiger partial charge is 0.473 e. The molecule has 0 fully saturated rings. The van der Waals surface area contributed by atoms with E-state index in [1.807, 2.05) is 39.0 Å². The smallest absolute Gasteiger partial charge is 0.426 e. The van der Waals surface area contributed by atoms with Gasteiger partial charge in [0.25, 0.3) is 11.8 Å². The Morgan fingerprint density at radius 3 is 1.92 bits per heavy atom. The summed E-state index contributed by atoms with van der Waals surface area (Å²) in [7, 11) is 0. The topological polar surface area (TPSA) is 126 Å². The first-order valence-corrected chi connectivity index (χ1v) is 20.0. The van der Waals surface area contributed by atoms with E-state index >= 15 is 26.3 Å². The molecule has 0 saturated heterocycles. The van der Waals surface area contributed by atoms with Crippen LogP contribution in [0, 0.1) is 0 Å². The lowest BCUT2D eigenvalue weighted by Crippen LogP contribution is -2.45. The van der Waals surface area contributed by atoms with Crippen molar-refractivity contribution in [3.63, 3.8) is 0 Å². The second-order valence-corrected chi connectivity index (χ2v) is 17.8. The zero-order chi connectivity index (χ0) is 47.2. The molecule has 0 aliphatic heterocycles. The molecule has 2 amide bonds. The van der Waals surface area contributed by atoms with Gasteiger partial charge >= 0.3 is 24.5 Å². The Bertz CT molecular complexity index is 2190. The van der Waals surface area contributed by atoms with Crippen molar-refractivity contribution in [2.24, 2.45) is 0 Å². The normalized spacial score (nSPS) is 14.0. The Balaban J connectivity index is 2.05. The van der Waals surface area contributed by atoms with E-state index in [1.165, 1.54) is 65.8 Å². The number of halogens is 6. The number of hydrogen-bond acceptors (Lipinski definition) is 10. The molecule has 4 rings (SSSR count). The molecule has 0 aliphatic carbocycles. The van der Waals surface area contributed by atoms with E-state index in [-0.39, 0.29) is 29.6 Å². The molecule has 0 spiro atoms. The number of allylic oxidation sites excluding steroid dienone is 1. The molecule has 11 nitrogen and oxygen atoms in total. The standard InChI is InChI=1S/C46H54F6N4O7/c1-12-14-24-44(46(50,51)52,59-28-29-20-16-15-17-21-29)38-55-54-37(61-38)35-34(56(39(57)62-42(6,7)8)40(58)63-43(9,10)11)27-33(45(47,48)49)36(53-35)60-32(19-13-2)26-30-22-18-23-31(25-30)41(3,4)5/h12-13,15-18,20-23,25,27,32H,1-2,14,19,24,26,28H2,3-11H3. The van der Waals surface area contributed by atoms with Crippen molar-refractivity contribution in [3.05, 3.63) is 114 Å². The maximum Gasteiger partial charge on any atom is 0.426 e. The second kappa shape index (κ2) is 19.4. The van der Waals surface area contributed by atoms with E-state index < -0.39 is 95.1 Å². The zero-order valence-corrected chi connectivity index (χ0v) is 36.9. The van der Waals surface area contributed by atoms with Crippen LogP contribution in [0.5, 0.6) is 5.88 Å². The number of hydrogen-bond donors (Lipinski definition) is 0. The molecular formula is C46H54F6N4O7. The minimum Gasteiger partial charge on any atom is -0.473 e. The molecule has 0 N–H and O–H groups in total. The number of ether oxygens (including phenoxy) is 4. The fraction of sp³-hybridized carbons (Fsp3) is 0.457. The third kappa shape index (κ3) is 13.2. The lowest BCUT2D eigenvalue weighted by Gasteiger charge is -2.32. The molecule has 2 heterocycles. The first-order valence-electron chi connectivity index (χ1n) is 20.0. The fourth-order valence-corrected chi connectivity index (χ4v) is 6.09. The average Bonchev–Trinajstić information content (AvgIpc) is 3.64. The fourth-order valence-electron chi connectivity index (χ4n) is 6.09. The quantitative estimate of drug-likeness (QED) is 0.0841. The summed E-state index contributed by atoms with van der Waals surface area (Å²) in [6, 6.07) is 15.7. The SMILES string of the molecule is C=CCCC(OCc1ccccc1)(c1nnc(-c2nc(OC(CC=C)Cc3cccc(C(C)(C)C)c3)c(C(F)(F)F)cc2N(C(=O)OC(C)(C)C)C(=O)OC(C)(C)C)o1)C(F)(F)F. The summed E-state index contributed by atoms with van der Waals surface area (Å²) in [5, 5.41) is 7.54. The zero-order valence-electron chi connectivity index (χ0n) is 36.9. The number of alkyl halides is 6. The van der Waals surface area contributed by atoms with Gasteiger partial charge in [-0.2, -0.15) is 31.2 Å². The first kappa shape index (κ1) is 49.9. The van der Waals surface area contributed by atoms with Crippen LogP contribution in [0.2, 0.25) is 0 Å². The molecule has 2 atom stereocenters. The van der Waals surface area contributed by atoms with Gasteiger partial charge in [-0.3, -0.25) is 0 Å². The number of carbonyl (C=O) groups is 2. The summed E-state index contributed by atoms with van der Waals surface area (Å²) in [6.07, 6.45) is -12.9. The molecule has 2 aromatic carbocycles. The van der Waals surface area contributed by atoms with Crippen LogP contribution in [0.25, 0.3) is 11.6 Å². The summed E-state index contributed by atoms with van der Waals surface area (Å²) in [6.45, 7) is 21.3. The molecule has 342 valence electrons. The maximum absolute atomic E-state index is 15.4. The van der Waals surface area contributed by atoms with Gasteiger partial charge in [-0.1, -0.05) is 87.5 Å².